The van der Waals surface area contributed by atoms with Gasteiger partial charge in [-0.05, 0) is 60.8 Å². The topological polar surface area (TPSA) is 83.9 Å². The second-order valence-corrected chi connectivity index (χ2v) is 8.59. The second kappa shape index (κ2) is 6.21. The molecule has 2 aliphatic rings. The number of fused-ring (bicyclic) bond motifs is 4. The Balaban J connectivity index is 1.79. The molecule has 0 unspecified atom stereocenters. The number of pyridine rings is 1. The zero-order chi connectivity index (χ0) is 19.5. The van der Waals surface area contributed by atoms with Crippen molar-refractivity contribution in [1.29, 1.82) is 0 Å². The summed E-state index contributed by atoms with van der Waals surface area (Å²) in [5.74, 6) is 0.776. The van der Waals surface area contributed by atoms with Gasteiger partial charge in [-0.15, -0.1) is 0 Å². The molecule has 3 heterocycles. The lowest BCUT2D eigenvalue weighted by molar-refractivity contribution is 0.100. The van der Waals surface area contributed by atoms with Crippen molar-refractivity contribution in [2.75, 3.05) is 24.6 Å². The van der Waals surface area contributed by atoms with Gasteiger partial charge in [0.05, 0.1) is 16.6 Å². The third-order valence-corrected chi connectivity index (χ3v) is 6.68. The van der Waals surface area contributed by atoms with Gasteiger partial charge in [-0.25, -0.2) is 4.98 Å². The normalized spacial score (nSPS) is 18.7. The summed E-state index contributed by atoms with van der Waals surface area (Å²) in [6.07, 6.45) is 4.77. The summed E-state index contributed by atoms with van der Waals surface area (Å²) in [6.45, 7) is 4.16. The third-order valence-electron chi connectivity index (χ3n) is 6.68. The Kier molecular flexibility index (Phi) is 3.88. The number of aliphatic hydroxyl groups is 1. The minimum atomic E-state index is -0.392. The Morgan fingerprint density at radius 1 is 1.21 bits per heavy atom. The number of piperidine rings is 1. The molecule has 0 radical (unpaired) electrons. The molecule has 1 saturated heterocycles. The minimum absolute atomic E-state index is 0.0110. The number of anilines is 1. The van der Waals surface area contributed by atoms with E-state index >= 15 is 0 Å². The van der Waals surface area contributed by atoms with Crippen LogP contribution in [0.4, 0.5) is 5.82 Å². The number of para-hydroxylation sites is 2. The molecule has 0 spiro atoms. The van der Waals surface area contributed by atoms with E-state index in [1.165, 1.54) is 11.4 Å². The highest BCUT2D eigenvalue weighted by Crippen LogP contribution is 2.41. The van der Waals surface area contributed by atoms with E-state index < -0.39 is 5.91 Å². The van der Waals surface area contributed by atoms with Gasteiger partial charge in [0.25, 0.3) is 5.91 Å². The number of nitrogens with zero attached hydrogens (tertiary/aromatic N) is 3. The van der Waals surface area contributed by atoms with E-state index in [0.29, 0.717) is 11.2 Å². The van der Waals surface area contributed by atoms with Crippen LogP contribution >= 0.6 is 0 Å². The number of carbonyl (C=O) groups excluding carboxylic acids is 1. The van der Waals surface area contributed by atoms with Crippen LogP contribution in [0.1, 0.15) is 47.7 Å². The van der Waals surface area contributed by atoms with E-state index in [0.717, 1.165) is 61.8 Å². The fourth-order valence-electron chi connectivity index (χ4n) is 4.95. The van der Waals surface area contributed by atoms with Crippen molar-refractivity contribution >= 4 is 28.4 Å². The van der Waals surface area contributed by atoms with Crippen LogP contribution in [0.15, 0.2) is 24.3 Å². The Bertz CT molecular complexity index is 1090. The number of primary amides is 1. The van der Waals surface area contributed by atoms with Crippen molar-refractivity contribution in [2.24, 2.45) is 11.1 Å². The molecule has 3 aromatic rings. The number of carbonyl (C=O) groups is 1. The molecule has 0 saturated carbocycles. The van der Waals surface area contributed by atoms with E-state index in [1.807, 2.05) is 18.2 Å². The number of hydrogen-bond acceptors (Lipinski definition) is 4. The first-order valence-corrected chi connectivity index (χ1v) is 10.1. The molecule has 0 bridgehead atoms. The molecule has 28 heavy (non-hydrogen) atoms. The lowest BCUT2D eigenvalue weighted by Crippen LogP contribution is -2.41. The highest BCUT2D eigenvalue weighted by Gasteiger charge is 2.34. The molecule has 1 fully saturated rings. The Hall–Kier alpha value is -2.60. The van der Waals surface area contributed by atoms with Gasteiger partial charge in [-0.3, -0.25) is 9.20 Å². The smallest absolute Gasteiger partial charge is 0.252 e. The van der Waals surface area contributed by atoms with Crippen LogP contribution in [0, 0.1) is 5.41 Å². The van der Waals surface area contributed by atoms with Crippen LogP contribution in [0.3, 0.4) is 0 Å². The number of nitrogens with two attached hydrogens (primary N) is 1. The zero-order valence-electron chi connectivity index (χ0n) is 16.2. The SMILES string of the molecule is CC1(CO)CCN(c2c3c(c(C(N)=O)c4nc5ccccc5n24)CCC3)CC1. The number of imidazole rings is 1. The Labute approximate surface area is 164 Å². The molecule has 1 aromatic carbocycles. The van der Waals surface area contributed by atoms with Gasteiger partial charge in [0.15, 0.2) is 5.65 Å². The van der Waals surface area contributed by atoms with E-state index in [1.54, 1.807) is 0 Å². The molecule has 146 valence electrons. The molecule has 1 amide bonds. The van der Waals surface area contributed by atoms with Crippen molar-refractivity contribution < 1.29 is 9.90 Å². The number of aliphatic hydroxyl groups excluding tert-OH is 1. The van der Waals surface area contributed by atoms with Crippen LogP contribution < -0.4 is 10.6 Å². The predicted octanol–water partition coefficient (Wildman–Crippen LogP) is 2.67. The van der Waals surface area contributed by atoms with Gasteiger partial charge in [0, 0.05) is 19.7 Å². The zero-order valence-corrected chi connectivity index (χ0v) is 16.2. The number of hydrogen-bond donors (Lipinski definition) is 2. The third kappa shape index (κ3) is 2.44. The maximum absolute atomic E-state index is 12.4. The van der Waals surface area contributed by atoms with Crippen LogP contribution in [0.25, 0.3) is 16.7 Å². The van der Waals surface area contributed by atoms with Crippen molar-refractivity contribution in [3.63, 3.8) is 0 Å². The van der Waals surface area contributed by atoms with Gasteiger partial charge in [-0.1, -0.05) is 19.1 Å². The number of benzene rings is 1. The molecule has 2 aromatic heterocycles. The molecule has 1 aliphatic carbocycles. The van der Waals surface area contributed by atoms with Crippen LogP contribution in [-0.2, 0) is 12.8 Å². The van der Waals surface area contributed by atoms with E-state index in [9.17, 15) is 9.90 Å². The highest BCUT2D eigenvalue weighted by atomic mass is 16.3. The van der Waals surface area contributed by atoms with Gasteiger partial charge in [-0.2, -0.15) is 0 Å². The van der Waals surface area contributed by atoms with E-state index in [4.69, 9.17) is 10.7 Å². The lowest BCUT2D eigenvalue weighted by Gasteiger charge is -2.40. The van der Waals surface area contributed by atoms with Crippen molar-refractivity contribution in [1.82, 2.24) is 9.38 Å². The highest BCUT2D eigenvalue weighted by molar-refractivity contribution is 6.03. The van der Waals surface area contributed by atoms with Gasteiger partial charge < -0.3 is 15.7 Å². The summed E-state index contributed by atoms with van der Waals surface area (Å²) >= 11 is 0. The molecule has 6 nitrogen and oxygen atoms in total. The Morgan fingerprint density at radius 2 is 1.93 bits per heavy atom. The molecule has 5 rings (SSSR count). The average molecular weight is 378 g/mol. The van der Waals surface area contributed by atoms with E-state index in [2.05, 4.69) is 22.3 Å². The first kappa shape index (κ1) is 17.5. The average Bonchev–Trinajstić information content (AvgIpc) is 3.31. The predicted molar refractivity (Wildman–Crippen MR) is 110 cm³/mol. The van der Waals surface area contributed by atoms with Crippen LogP contribution in [0.5, 0.6) is 0 Å². The maximum Gasteiger partial charge on any atom is 0.252 e. The summed E-state index contributed by atoms with van der Waals surface area (Å²) in [5, 5.41) is 9.75. The largest absolute Gasteiger partial charge is 0.396 e. The molecule has 1 aliphatic heterocycles. The minimum Gasteiger partial charge on any atom is -0.396 e. The lowest BCUT2D eigenvalue weighted by atomic mass is 9.81. The fourth-order valence-corrected chi connectivity index (χ4v) is 4.95. The monoisotopic (exact) mass is 378 g/mol. The van der Waals surface area contributed by atoms with Gasteiger partial charge in [0.1, 0.15) is 5.82 Å². The first-order valence-electron chi connectivity index (χ1n) is 10.1. The molecular formula is C22H26N4O2. The van der Waals surface area contributed by atoms with E-state index in [-0.39, 0.29) is 12.0 Å². The Morgan fingerprint density at radius 3 is 2.64 bits per heavy atom. The van der Waals surface area contributed by atoms with Crippen molar-refractivity contribution in [2.45, 2.75) is 39.0 Å². The molecule has 0 atom stereocenters. The number of amides is 1. The summed E-state index contributed by atoms with van der Waals surface area (Å²) in [4.78, 5) is 19.6. The standard InChI is InChI=1S/C22H26N4O2/c1-22(13-27)9-11-25(12-10-22)21-15-6-4-5-14(15)18(19(23)28)20-24-16-7-2-3-8-17(16)26(20)21/h2-3,7-8,27H,4-6,9-13H2,1H3,(H2,23,28). The van der Waals surface area contributed by atoms with Crippen molar-refractivity contribution in [3.05, 3.63) is 41.0 Å². The summed E-state index contributed by atoms with van der Waals surface area (Å²) in [6, 6.07) is 8.03. The molecular weight excluding hydrogens is 352 g/mol. The van der Waals surface area contributed by atoms with Crippen LogP contribution in [-0.4, -0.2) is 40.1 Å². The van der Waals surface area contributed by atoms with Gasteiger partial charge >= 0.3 is 0 Å². The maximum atomic E-state index is 12.4. The summed E-state index contributed by atoms with van der Waals surface area (Å²) in [7, 11) is 0. The first-order chi connectivity index (χ1) is 13.5. The van der Waals surface area contributed by atoms with Crippen LogP contribution in [0.2, 0.25) is 0 Å². The van der Waals surface area contributed by atoms with Gasteiger partial charge in [0.2, 0.25) is 0 Å². The van der Waals surface area contributed by atoms with Crippen molar-refractivity contribution in [3.8, 4) is 0 Å². The molecule has 3 N–H and O–H groups in total. The fraction of sp³-hybridized carbons (Fsp3) is 0.455. The number of rotatable bonds is 3. The second-order valence-electron chi connectivity index (χ2n) is 8.59. The summed E-state index contributed by atoms with van der Waals surface area (Å²) in [5.41, 5.74) is 11.3. The number of aromatic nitrogens is 2. The molecule has 6 heteroatoms. The quantitative estimate of drug-likeness (QED) is 0.734. The summed E-state index contributed by atoms with van der Waals surface area (Å²) < 4.78 is 2.15.